The summed E-state index contributed by atoms with van der Waals surface area (Å²) in [5.41, 5.74) is 8.21. The summed E-state index contributed by atoms with van der Waals surface area (Å²) in [6.07, 6.45) is 0.825. The van der Waals surface area contributed by atoms with E-state index < -0.39 is 6.61 Å². The van der Waals surface area contributed by atoms with Gasteiger partial charge in [0.05, 0.1) is 11.5 Å². The monoisotopic (exact) mass is 255 g/mol. The molecule has 1 amide bonds. The molecule has 94 valence electrons. The van der Waals surface area contributed by atoms with Crippen molar-refractivity contribution in [3.8, 4) is 0 Å². The number of hydrogen-bond acceptors (Lipinski definition) is 5. The predicted molar refractivity (Wildman–Crippen MR) is 68.0 cm³/mol. The summed E-state index contributed by atoms with van der Waals surface area (Å²) < 4.78 is 0. The highest BCUT2D eigenvalue weighted by Crippen LogP contribution is 2.36. The number of aliphatic hydroxyl groups is 1. The van der Waals surface area contributed by atoms with E-state index in [2.05, 4.69) is 5.32 Å². The van der Waals surface area contributed by atoms with Crippen LogP contribution >= 0.6 is 11.3 Å². The van der Waals surface area contributed by atoms with Gasteiger partial charge in [-0.05, 0) is 12.0 Å². The molecular formula is C11H17N3O2S. The molecular weight excluding hydrogens is 238 g/mol. The number of nitrogens with one attached hydrogen (secondary N) is 1. The maximum Gasteiger partial charge on any atom is 0.248 e. The van der Waals surface area contributed by atoms with Crippen LogP contribution in [0.5, 0.6) is 0 Å². The minimum atomic E-state index is -0.413. The van der Waals surface area contributed by atoms with E-state index in [4.69, 9.17) is 10.8 Å². The average molecular weight is 255 g/mol. The normalized spacial score (nSPS) is 14.6. The van der Waals surface area contributed by atoms with Gasteiger partial charge in [0.25, 0.3) is 0 Å². The number of amides is 1. The molecule has 5 nitrogen and oxygen atoms in total. The van der Waals surface area contributed by atoms with Gasteiger partial charge in [-0.25, -0.2) is 0 Å². The van der Waals surface area contributed by atoms with Crippen molar-refractivity contribution in [3.63, 3.8) is 0 Å². The number of fused-ring (bicyclic) bond motifs is 1. The molecule has 0 atom stereocenters. The van der Waals surface area contributed by atoms with E-state index in [0.29, 0.717) is 19.6 Å². The molecule has 2 rings (SSSR count). The number of rotatable bonds is 3. The fourth-order valence-electron chi connectivity index (χ4n) is 2.20. The quantitative estimate of drug-likeness (QED) is 0.717. The van der Waals surface area contributed by atoms with Gasteiger partial charge in [-0.1, -0.05) is 0 Å². The van der Waals surface area contributed by atoms with Crippen LogP contribution in [0.25, 0.3) is 0 Å². The highest BCUT2D eigenvalue weighted by molar-refractivity contribution is 7.16. The molecule has 6 heteroatoms. The minimum absolute atomic E-state index is 0.204. The van der Waals surface area contributed by atoms with Crippen molar-refractivity contribution in [2.45, 2.75) is 19.5 Å². The van der Waals surface area contributed by atoms with E-state index in [9.17, 15) is 4.79 Å². The van der Waals surface area contributed by atoms with E-state index in [0.717, 1.165) is 11.4 Å². The molecule has 0 radical (unpaired) electrons. The highest BCUT2D eigenvalue weighted by Gasteiger charge is 2.25. The van der Waals surface area contributed by atoms with Gasteiger partial charge in [0.2, 0.25) is 5.91 Å². The molecule has 0 bridgehead atoms. The lowest BCUT2D eigenvalue weighted by Gasteiger charge is -2.26. The van der Waals surface area contributed by atoms with Gasteiger partial charge in [-0.15, -0.1) is 11.3 Å². The Labute approximate surface area is 104 Å². The molecule has 0 spiro atoms. The number of carbonyl (C=O) groups excluding carboxylic acids is 1. The minimum Gasteiger partial charge on any atom is -0.387 e. The van der Waals surface area contributed by atoms with Crippen LogP contribution in [0.2, 0.25) is 0 Å². The third-order valence-corrected chi connectivity index (χ3v) is 4.36. The van der Waals surface area contributed by atoms with Gasteiger partial charge in [-0.3, -0.25) is 4.79 Å². The van der Waals surface area contributed by atoms with Gasteiger partial charge >= 0.3 is 0 Å². The molecule has 2 heterocycles. The zero-order valence-corrected chi connectivity index (χ0v) is 10.6. The maximum absolute atomic E-state index is 11.4. The van der Waals surface area contributed by atoms with Crippen molar-refractivity contribution >= 4 is 22.2 Å². The van der Waals surface area contributed by atoms with E-state index in [1.165, 1.54) is 16.0 Å². The Balaban J connectivity index is 2.27. The number of hydrogen-bond donors (Lipinski definition) is 3. The summed E-state index contributed by atoms with van der Waals surface area (Å²) in [6, 6.07) is 0. The van der Waals surface area contributed by atoms with Gasteiger partial charge in [0, 0.05) is 30.6 Å². The number of carbonyl (C=O) groups is 1. The van der Waals surface area contributed by atoms with Crippen LogP contribution < -0.4 is 11.1 Å². The zero-order chi connectivity index (χ0) is 12.4. The summed E-state index contributed by atoms with van der Waals surface area (Å²) in [5.74, 6) is -0.204. The first kappa shape index (κ1) is 12.3. The Kier molecular flexibility index (Phi) is 3.66. The van der Waals surface area contributed by atoms with Crippen LogP contribution in [-0.4, -0.2) is 36.1 Å². The van der Waals surface area contributed by atoms with Crippen molar-refractivity contribution < 1.29 is 9.90 Å². The molecule has 0 aromatic carbocycles. The second-order valence-corrected chi connectivity index (χ2v) is 5.09. The fourth-order valence-corrected chi connectivity index (χ4v) is 3.45. The van der Waals surface area contributed by atoms with E-state index >= 15 is 0 Å². The standard InChI is InChI=1S/C11H17N3O2S/c1-13-11-8(4-12)7-2-3-14(10(16)6-15)5-9(7)17-11/h13,15H,2-6,12H2,1H3. The largest absolute Gasteiger partial charge is 0.387 e. The molecule has 1 aromatic heterocycles. The topological polar surface area (TPSA) is 78.6 Å². The second kappa shape index (κ2) is 5.03. The summed E-state index contributed by atoms with van der Waals surface area (Å²) >= 11 is 1.65. The Bertz CT molecular complexity index is 431. The Morgan fingerprint density at radius 3 is 3.00 bits per heavy atom. The number of anilines is 1. The first-order valence-electron chi connectivity index (χ1n) is 5.61. The third kappa shape index (κ3) is 2.15. The molecule has 0 saturated carbocycles. The molecule has 0 fully saturated rings. The van der Waals surface area contributed by atoms with Gasteiger partial charge < -0.3 is 21.1 Å². The van der Waals surface area contributed by atoms with Crippen LogP contribution in [-0.2, 0) is 24.3 Å². The third-order valence-electron chi connectivity index (χ3n) is 3.09. The number of nitrogens with two attached hydrogens (primary N) is 1. The van der Waals surface area contributed by atoms with Crippen molar-refractivity contribution in [1.29, 1.82) is 0 Å². The van der Waals surface area contributed by atoms with Gasteiger partial charge in [-0.2, -0.15) is 0 Å². The molecule has 1 aliphatic rings. The van der Waals surface area contributed by atoms with Gasteiger partial charge in [0.15, 0.2) is 0 Å². The van der Waals surface area contributed by atoms with Crippen LogP contribution in [0, 0.1) is 0 Å². The molecule has 17 heavy (non-hydrogen) atoms. The maximum atomic E-state index is 11.4. The first-order chi connectivity index (χ1) is 8.21. The Morgan fingerprint density at radius 1 is 1.65 bits per heavy atom. The summed E-state index contributed by atoms with van der Waals surface area (Å²) in [5, 5.41) is 13.1. The van der Waals surface area contributed by atoms with E-state index in [1.54, 1.807) is 16.2 Å². The van der Waals surface area contributed by atoms with Crippen molar-refractivity contribution in [1.82, 2.24) is 4.90 Å². The summed E-state index contributed by atoms with van der Waals surface area (Å²) in [7, 11) is 1.88. The zero-order valence-electron chi connectivity index (χ0n) is 9.82. The van der Waals surface area contributed by atoms with Gasteiger partial charge in [0.1, 0.15) is 6.61 Å². The average Bonchev–Trinajstić information content (AvgIpc) is 2.74. The fraction of sp³-hybridized carbons (Fsp3) is 0.545. The summed E-state index contributed by atoms with van der Waals surface area (Å²) in [6.45, 7) is 1.37. The van der Waals surface area contributed by atoms with Crippen molar-refractivity contribution in [2.24, 2.45) is 5.73 Å². The molecule has 0 aliphatic carbocycles. The second-order valence-electron chi connectivity index (χ2n) is 3.99. The lowest BCUT2D eigenvalue weighted by molar-refractivity contribution is -0.135. The number of thiophene rings is 1. The van der Waals surface area contributed by atoms with E-state index in [1.807, 2.05) is 7.05 Å². The Hall–Kier alpha value is -1.11. The van der Waals surface area contributed by atoms with Crippen molar-refractivity contribution in [3.05, 3.63) is 16.0 Å². The molecule has 0 saturated heterocycles. The van der Waals surface area contributed by atoms with Crippen LogP contribution in [0.15, 0.2) is 0 Å². The lowest BCUT2D eigenvalue weighted by atomic mass is 10.0. The number of nitrogens with zero attached hydrogens (tertiary/aromatic N) is 1. The van der Waals surface area contributed by atoms with Crippen LogP contribution in [0.4, 0.5) is 5.00 Å². The predicted octanol–water partition coefficient (Wildman–Crippen LogP) is 0.126. The highest BCUT2D eigenvalue weighted by atomic mass is 32.1. The molecule has 0 unspecified atom stereocenters. The van der Waals surface area contributed by atoms with Crippen molar-refractivity contribution in [2.75, 3.05) is 25.5 Å². The number of aliphatic hydroxyl groups excluding tert-OH is 1. The molecule has 4 N–H and O–H groups in total. The first-order valence-corrected chi connectivity index (χ1v) is 6.42. The Morgan fingerprint density at radius 2 is 2.41 bits per heavy atom. The smallest absolute Gasteiger partial charge is 0.248 e. The molecule has 1 aliphatic heterocycles. The lowest BCUT2D eigenvalue weighted by Crippen LogP contribution is -2.37. The van der Waals surface area contributed by atoms with Crippen LogP contribution in [0.1, 0.15) is 16.0 Å². The van der Waals surface area contributed by atoms with E-state index in [-0.39, 0.29) is 5.91 Å². The summed E-state index contributed by atoms with van der Waals surface area (Å²) in [4.78, 5) is 14.3. The SMILES string of the molecule is CNc1sc2c(c1CN)CCN(C(=O)CO)C2. The van der Waals surface area contributed by atoms with Crippen LogP contribution in [0.3, 0.4) is 0 Å². The molecule has 1 aromatic rings.